The molecule has 0 heteroatoms. The third kappa shape index (κ3) is 2.07. The first kappa shape index (κ1) is 16.8. The number of hydrogen-bond donors (Lipinski definition) is 0. The molecule has 6 radical (unpaired) electrons. The zero-order chi connectivity index (χ0) is 20.8. The first-order valence-electron chi connectivity index (χ1n) is 10.9. The maximum absolute atomic E-state index is 3.41. The topological polar surface area (TPSA) is 0 Å². The Hall–Kier alpha value is -3.90. The predicted molar refractivity (Wildman–Crippen MR) is 127 cm³/mol. The fourth-order valence-electron chi connectivity index (χ4n) is 5.91. The summed E-state index contributed by atoms with van der Waals surface area (Å²) in [6.07, 6.45) is 0. The molecule has 0 unspecified atom stereocenters. The van der Waals surface area contributed by atoms with Crippen molar-refractivity contribution in [3.8, 4) is 0 Å². The number of rotatable bonds is 0. The highest BCUT2D eigenvalue weighted by molar-refractivity contribution is 5.91. The molecule has 142 valence electrons. The van der Waals surface area contributed by atoms with Crippen molar-refractivity contribution in [2.24, 2.45) is 0 Å². The Morgan fingerprint density at radius 1 is 0.312 bits per heavy atom. The monoisotopic (exact) mass is 398 g/mol. The van der Waals surface area contributed by atoms with E-state index in [0.717, 1.165) is 32.3 Å². The minimum Gasteiger partial charge on any atom is -0.0531 e. The lowest BCUT2D eigenvalue weighted by atomic mass is 9.60. The summed E-state index contributed by atoms with van der Waals surface area (Å²) < 4.78 is 0. The van der Waals surface area contributed by atoms with Crippen LogP contribution in [0, 0.1) is 36.4 Å². The molecule has 0 amide bonds. The summed E-state index contributed by atoms with van der Waals surface area (Å²) in [6, 6.07) is 46.2. The van der Waals surface area contributed by atoms with Crippen molar-refractivity contribution >= 4 is 32.3 Å². The summed E-state index contributed by atoms with van der Waals surface area (Å²) >= 11 is 0. The van der Waals surface area contributed by atoms with Crippen molar-refractivity contribution < 1.29 is 0 Å². The second-order valence-corrected chi connectivity index (χ2v) is 8.81. The molecule has 0 aliphatic heterocycles. The fraction of sp³-hybridized carbons (Fsp3) is 0.0625. The molecule has 0 N–H and O–H groups in total. The molecule has 0 saturated carbocycles. The molecule has 0 fully saturated rings. The smallest absolute Gasteiger partial charge is 0.0349 e. The summed E-state index contributed by atoms with van der Waals surface area (Å²) in [5, 5.41) is 6.77. The van der Waals surface area contributed by atoms with Crippen molar-refractivity contribution in [1.29, 1.82) is 0 Å². The standard InChI is InChI=1S/C32H14/c1-2-8-20-14-26-25(13-19(20)7-1)31-27-15-21-9-3-5-11-23(21)17-29(27)32(26)30-18-24-12-6-4-10-22(24)16-28(30)31/h1-6,13-18,31-32H. The molecule has 32 heavy (non-hydrogen) atoms. The van der Waals surface area contributed by atoms with Gasteiger partial charge >= 0.3 is 0 Å². The molecule has 0 saturated heterocycles. The second kappa shape index (κ2) is 5.87. The molecule has 0 heterocycles. The van der Waals surface area contributed by atoms with E-state index in [-0.39, 0.29) is 11.8 Å². The van der Waals surface area contributed by atoms with E-state index in [2.05, 4.69) is 72.8 Å². The normalized spacial score (nSPS) is 18.0. The Morgan fingerprint density at radius 2 is 0.500 bits per heavy atom. The molecule has 2 bridgehead atoms. The molecule has 0 aromatic heterocycles. The van der Waals surface area contributed by atoms with Crippen LogP contribution >= 0.6 is 0 Å². The highest BCUT2D eigenvalue weighted by Crippen LogP contribution is 2.57. The Kier molecular flexibility index (Phi) is 3.07. The lowest BCUT2D eigenvalue weighted by Crippen LogP contribution is -2.27. The van der Waals surface area contributed by atoms with Crippen LogP contribution in [0.25, 0.3) is 32.3 Å². The van der Waals surface area contributed by atoms with Crippen LogP contribution in [-0.2, 0) is 0 Å². The summed E-state index contributed by atoms with van der Waals surface area (Å²) in [4.78, 5) is 0. The largest absolute Gasteiger partial charge is 0.0531 e. The van der Waals surface area contributed by atoms with Gasteiger partial charge in [0.05, 0.1) is 0 Å². The first-order chi connectivity index (χ1) is 15.8. The quantitative estimate of drug-likeness (QED) is 0.260. The average molecular weight is 398 g/mol. The van der Waals surface area contributed by atoms with E-state index in [4.69, 9.17) is 0 Å². The minimum absolute atomic E-state index is 0.189. The van der Waals surface area contributed by atoms with Crippen molar-refractivity contribution in [2.75, 3.05) is 0 Å². The average Bonchev–Trinajstić information content (AvgIpc) is 2.84. The summed E-state index contributed by atoms with van der Waals surface area (Å²) in [6.45, 7) is 0. The summed E-state index contributed by atoms with van der Waals surface area (Å²) in [5.41, 5.74) is 8.32. The van der Waals surface area contributed by atoms with E-state index < -0.39 is 0 Å². The molecule has 3 aliphatic rings. The van der Waals surface area contributed by atoms with Crippen molar-refractivity contribution in [1.82, 2.24) is 0 Å². The molecule has 0 atom stereocenters. The van der Waals surface area contributed by atoms with Gasteiger partial charge in [0.1, 0.15) is 0 Å². The highest BCUT2D eigenvalue weighted by atomic mass is 14.4. The number of hydrogen-bond acceptors (Lipinski definition) is 0. The van der Waals surface area contributed by atoms with E-state index in [0.29, 0.717) is 0 Å². The van der Waals surface area contributed by atoms with Crippen LogP contribution in [0.3, 0.4) is 0 Å². The van der Waals surface area contributed by atoms with Crippen LogP contribution in [-0.4, -0.2) is 0 Å². The molecule has 3 aliphatic carbocycles. The molecule has 6 aromatic rings. The molecular weight excluding hydrogens is 384 g/mol. The van der Waals surface area contributed by atoms with Crippen LogP contribution in [0.15, 0.2) is 72.8 Å². The number of benzene rings is 6. The van der Waals surface area contributed by atoms with Gasteiger partial charge < -0.3 is 0 Å². The van der Waals surface area contributed by atoms with Gasteiger partial charge in [0, 0.05) is 11.8 Å². The van der Waals surface area contributed by atoms with Gasteiger partial charge in [0.25, 0.3) is 0 Å². The SMILES string of the molecule is [c]1cc[c]c2cc3c(cc12)C1c2cc4[c]cc[c]c4cc2C3c2cc3[c]cc[c]c3cc21. The van der Waals surface area contributed by atoms with E-state index in [1.165, 1.54) is 33.4 Å². The lowest BCUT2D eigenvalue weighted by Gasteiger charge is -2.43. The van der Waals surface area contributed by atoms with Crippen LogP contribution in [0.4, 0.5) is 0 Å². The van der Waals surface area contributed by atoms with Gasteiger partial charge in [-0.25, -0.2) is 0 Å². The molecular formula is C32H14. The molecule has 0 nitrogen and oxygen atoms in total. The van der Waals surface area contributed by atoms with E-state index in [9.17, 15) is 0 Å². The van der Waals surface area contributed by atoms with Crippen molar-refractivity contribution in [3.05, 3.63) is 143 Å². The zero-order valence-electron chi connectivity index (χ0n) is 17.1. The fourth-order valence-corrected chi connectivity index (χ4v) is 5.91. The van der Waals surface area contributed by atoms with Crippen LogP contribution < -0.4 is 0 Å². The lowest BCUT2D eigenvalue weighted by molar-refractivity contribution is 0.761. The molecule has 0 spiro atoms. The van der Waals surface area contributed by atoms with Gasteiger partial charge in [0.2, 0.25) is 0 Å². The van der Waals surface area contributed by atoms with Crippen LogP contribution in [0.1, 0.15) is 45.2 Å². The minimum atomic E-state index is 0.189. The molecule has 6 aromatic carbocycles. The Morgan fingerprint density at radius 3 is 0.688 bits per heavy atom. The zero-order valence-corrected chi connectivity index (χ0v) is 17.1. The van der Waals surface area contributed by atoms with Gasteiger partial charge in [-0.15, -0.1) is 0 Å². The summed E-state index contributed by atoms with van der Waals surface area (Å²) in [5.74, 6) is 0.378. The van der Waals surface area contributed by atoms with E-state index >= 15 is 0 Å². The van der Waals surface area contributed by atoms with E-state index in [1.807, 2.05) is 36.4 Å². The first-order valence-corrected chi connectivity index (χ1v) is 10.9. The van der Waals surface area contributed by atoms with E-state index in [1.54, 1.807) is 0 Å². The third-order valence-corrected chi connectivity index (χ3v) is 7.22. The third-order valence-electron chi connectivity index (χ3n) is 7.22. The van der Waals surface area contributed by atoms with Crippen LogP contribution in [0.2, 0.25) is 0 Å². The van der Waals surface area contributed by atoms with Crippen molar-refractivity contribution in [2.45, 2.75) is 11.8 Å². The predicted octanol–water partition coefficient (Wildman–Crippen LogP) is 6.93. The van der Waals surface area contributed by atoms with Gasteiger partial charge in [-0.1, -0.05) is 36.4 Å². The molecule has 9 rings (SSSR count). The Balaban J connectivity index is 1.52. The van der Waals surface area contributed by atoms with Gasteiger partial charge in [-0.2, -0.15) is 0 Å². The highest BCUT2D eigenvalue weighted by Gasteiger charge is 2.41. The Labute approximate surface area is 186 Å². The van der Waals surface area contributed by atoms with Crippen LogP contribution in [0.5, 0.6) is 0 Å². The maximum Gasteiger partial charge on any atom is 0.0349 e. The number of fused-ring (bicyclic) bond motifs is 3. The van der Waals surface area contributed by atoms with Gasteiger partial charge in [-0.05, 0) is 138 Å². The van der Waals surface area contributed by atoms with Gasteiger partial charge in [-0.3, -0.25) is 0 Å². The maximum atomic E-state index is 3.41. The van der Waals surface area contributed by atoms with Gasteiger partial charge in [0.15, 0.2) is 0 Å². The summed E-state index contributed by atoms with van der Waals surface area (Å²) in [7, 11) is 0. The van der Waals surface area contributed by atoms with Crippen molar-refractivity contribution in [3.63, 3.8) is 0 Å². The second-order valence-electron chi connectivity index (χ2n) is 8.81. The Bertz CT molecular complexity index is 1400.